The van der Waals surface area contributed by atoms with Gasteiger partial charge in [0.25, 0.3) is 5.69 Å². The lowest BCUT2D eigenvalue weighted by Gasteiger charge is -2.11. The lowest BCUT2D eigenvalue weighted by atomic mass is 10.2. The van der Waals surface area contributed by atoms with E-state index in [0.717, 1.165) is 12.1 Å². The summed E-state index contributed by atoms with van der Waals surface area (Å²) in [5.74, 6) is -0.685. The number of anilines is 1. The third-order valence-electron chi connectivity index (χ3n) is 2.75. The van der Waals surface area contributed by atoms with E-state index < -0.39 is 16.8 Å². The molecule has 20 heavy (non-hydrogen) atoms. The van der Waals surface area contributed by atoms with Crippen molar-refractivity contribution in [2.75, 3.05) is 11.9 Å². The van der Waals surface area contributed by atoms with Crippen LogP contribution in [0.25, 0.3) is 0 Å². The fourth-order valence-electron chi connectivity index (χ4n) is 1.74. The molecule has 2 N–H and O–H groups in total. The first kappa shape index (κ1) is 13.9. The highest BCUT2D eigenvalue weighted by Gasteiger charge is 2.16. The first-order valence-corrected chi connectivity index (χ1v) is 5.82. The number of nitrogens with zero attached hydrogens (tertiary/aromatic N) is 3. The Kier molecular flexibility index (Phi) is 3.94. The third kappa shape index (κ3) is 3.09. The Hall–Kier alpha value is -2.48. The number of aliphatic hydroxyl groups is 1. The maximum absolute atomic E-state index is 13.0. The van der Waals surface area contributed by atoms with Crippen LogP contribution in [0.2, 0.25) is 0 Å². The Labute approximate surface area is 113 Å². The van der Waals surface area contributed by atoms with E-state index in [1.807, 2.05) is 0 Å². The van der Waals surface area contributed by atoms with E-state index in [0.29, 0.717) is 5.56 Å². The minimum atomic E-state index is -0.867. The van der Waals surface area contributed by atoms with E-state index in [1.54, 1.807) is 17.9 Å². The molecule has 0 fully saturated rings. The van der Waals surface area contributed by atoms with Crippen molar-refractivity contribution >= 4 is 11.4 Å². The van der Waals surface area contributed by atoms with Crippen LogP contribution < -0.4 is 5.32 Å². The first-order chi connectivity index (χ1) is 9.47. The van der Waals surface area contributed by atoms with Gasteiger partial charge in [0.1, 0.15) is 11.5 Å². The summed E-state index contributed by atoms with van der Waals surface area (Å²) in [4.78, 5) is 10.1. The molecule has 0 bridgehead atoms. The van der Waals surface area contributed by atoms with E-state index in [9.17, 15) is 19.6 Å². The average molecular weight is 280 g/mol. The summed E-state index contributed by atoms with van der Waals surface area (Å²) >= 11 is 0. The number of halogens is 1. The summed E-state index contributed by atoms with van der Waals surface area (Å²) < 4.78 is 14.5. The van der Waals surface area contributed by atoms with Gasteiger partial charge in [-0.3, -0.25) is 14.8 Å². The Bertz CT molecular complexity index is 629. The van der Waals surface area contributed by atoms with Crippen LogP contribution in [-0.4, -0.2) is 26.4 Å². The van der Waals surface area contributed by atoms with Crippen LogP contribution in [0.3, 0.4) is 0 Å². The molecule has 0 amide bonds. The standard InChI is InChI=1S/C12H13FN4O3/c1-16-7-8(5-15-16)12(18)6-14-10-3-2-9(13)4-11(10)17(19)20/h2-5,7,12,14,18H,6H2,1H3. The van der Waals surface area contributed by atoms with Crippen LogP contribution in [0.15, 0.2) is 30.6 Å². The van der Waals surface area contributed by atoms with Crippen molar-refractivity contribution in [1.29, 1.82) is 0 Å². The van der Waals surface area contributed by atoms with Gasteiger partial charge >= 0.3 is 0 Å². The molecular weight excluding hydrogens is 267 g/mol. The fraction of sp³-hybridized carbons (Fsp3) is 0.250. The molecule has 7 nitrogen and oxygen atoms in total. The van der Waals surface area contributed by atoms with Gasteiger partial charge < -0.3 is 10.4 Å². The van der Waals surface area contributed by atoms with Gasteiger partial charge in [-0.1, -0.05) is 0 Å². The van der Waals surface area contributed by atoms with Crippen LogP contribution in [-0.2, 0) is 7.05 Å². The van der Waals surface area contributed by atoms with Crippen LogP contribution in [0.4, 0.5) is 15.8 Å². The monoisotopic (exact) mass is 280 g/mol. The van der Waals surface area contributed by atoms with E-state index in [2.05, 4.69) is 10.4 Å². The molecule has 0 aliphatic heterocycles. The van der Waals surface area contributed by atoms with E-state index in [4.69, 9.17) is 0 Å². The van der Waals surface area contributed by atoms with Gasteiger partial charge in [-0.2, -0.15) is 5.10 Å². The van der Waals surface area contributed by atoms with Crippen molar-refractivity contribution < 1.29 is 14.4 Å². The van der Waals surface area contributed by atoms with E-state index >= 15 is 0 Å². The largest absolute Gasteiger partial charge is 0.386 e. The molecule has 1 aromatic heterocycles. The molecule has 0 aliphatic carbocycles. The maximum Gasteiger partial charge on any atom is 0.295 e. The maximum atomic E-state index is 13.0. The molecule has 1 unspecified atom stereocenters. The fourth-order valence-corrected chi connectivity index (χ4v) is 1.74. The second kappa shape index (κ2) is 5.66. The second-order valence-electron chi connectivity index (χ2n) is 4.26. The third-order valence-corrected chi connectivity index (χ3v) is 2.75. The lowest BCUT2D eigenvalue weighted by molar-refractivity contribution is -0.384. The minimum Gasteiger partial charge on any atom is -0.386 e. The molecule has 8 heteroatoms. The summed E-state index contributed by atoms with van der Waals surface area (Å²) in [5.41, 5.74) is 0.368. The number of benzene rings is 1. The quantitative estimate of drug-likeness (QED) is 0.641. The number of nitrogens with one attached hydrogen (secondary N) is 1. The topological polar surface area (TPSA) is 93.2 Å². The molecule has 0 aliphatic rings. The number of nitro groups is 1. The number of aliphatic hydroxyl groups excluding tert-OH is 1. The van der Waals surface area contributed by atoms with Gasteiger partial charge in [-0.05, 0) is 12.1 Å². The van der Waals surface area contributed by atoms with Crippen LogP contribution >= 0.6 is 0 Å². The summed E-state index contributed by atoms with van der Waals surface area (Å²) in [6.07, 6.45) is 2.28. The van der Waals surface area contributed by atoms with Gasteiger partial charge in [-0.25, -0.2) is 4.39 Å². The normalized spacial score (nSPS) is 12.2. The number of aromatic nitrogens is 2. The van der Waals surface area contributed by atoms with Gasteiger partial charge in [0.15, 0.2) is 0 Å². The Morgan fingerprint density at radius 3 is 2.95 bits per heavy atom. The Morgan fingerprint density at radius 2 is 2.35 bits per heavy atom. The Balaban J connectivity index is 2.09. The zero-order chi connectivity index (χ0) is 14.7. The van der Waals surface area contributed by atoms with Gasteiger partial charge in [0.05, 0.1) is 23.3 Å². The molecule has 2 rings (SSSR count). The zero-order valence-corrected chi connectivity index (χ0v) is 10.7. The van der Waals surface area contributed by atoms with Crippen molar-refractivity contribution in [2.24, 2.45) is 7.05 Å². The molecule has 1 heterocycles. The van der Waals surface area contributed by atoms with Gasteiger partial charge in [0.2, 0.25) is 0 Å². The van der Waals surface area contributed by atoms with Crippen LogP contribution in [0, 0.1) is 15.9 Å². The summed E-state index contributed by atoms with van der Waals surface area (Å²) in [5, 5.41) is 27.4. The summed E-state index contributed by atoms with van der Waals surface area (Å²) in [6, 6.07) is 3.22. The summed E-state index contributed by atoms with van der Waals surface area (Å²) in [6.45, 7) is 0.0537. The SMILES string of the molecule is Cn1cc(C(O)CNc2ccc(F)cc2[N+](=O)[O-])cn1. The molecule has 1 atom stereocenters. The number of hydrogen-bond acceptors (Lipinski definition) is 5. The lowest BCUT2D eigenvalue weighted by Crippen LogP contribution is -2.12. The van der Waals surface area contributed by atoms with Crippen LogP contribution in [0.5, 0.6) is 0 Å². The minimum absolute atomic E-state index is 0.0537. The molecular formula is C12H13FN4O3. The van der Waals surface area contributed by atoms with Crippen molar-refractivity contribution in [3.63, 3.8) is 0 Å². The molecule has 0 radical (unpaired) electrons. The number of hydrogen-bond donors (Lipinski definition) is 2. The molecule has 0 saturated heterocycles. The highest BCUT2D eigenvalue weighted by molar-refractivity contribution is 5.61. The van der Waals surface area contributed by atoms with Crippen molar-refractivity contribution in [3.8, 4) is 0 Å². The van der Waals surface area contributed by atoms with Crippen molar-refractivity contribution in [2.45, 2.75) is 6.10 Å². The van der Waals surface area contributed by atoms with Gasteiger partial charge in [-0.15, -0.1) is 0 Å². The molecule has 1 aromatic carbocycles. The van der Waals surface area contributed by atoms with Crippen molar-refractivity contribution in [1.82, 2.24) is 9.78 Å². The number of rotatable bonds is 5. The predicted molar refractivity (Wildman–Crippen MR) is 69.7 cm³/mol. The molecule has 0 saturated carbocycles. The molecule has 0 spiro atoms. The van der Waals surface area contributed by atoms with Crippen molar-refractivity contribution in [3.05, 3.63) is 52.1 Å². The highest BCUT2D eigenvalue weighted by atomic mass is 19.1. The van der Waals surface area contributed by atoms with E-state index in [1.165, 1.54) is 12.3 Å². The van der Waals surface area contributed by atoms with E-state index in [-0.39, 0.29) is 17.9 Å². The number of aryl methyl sites for hydroxylation is 1. The van der Waals surface area contributed by atoms with Crippen LogP contribution in [0.1, 0.15) is 11.7 Å². The highest BCUT2D eigenvalue weighted by Crippen LogP contribution is 2.25. The molecule has 2 aromatic rings. The number of nitro benzene ring substituents is 1. The average Bonchev–Trinajstić information content (AvgIpc) is 2.83. The first-order valence-electron chi connectivity index (χ1n) is 5.82. The molecule has 106 valence electrons. The summed E-state index contributed by atoms with van der Waals surface area (Å²) in [7, 11) is 1.72. The zero-order valence-electron chi connectivity index (χ0n) is 10.7. The predicted octanol–water partition coefficient (Wildman–Crippen LogP) is 1.61. The Morgan fingerprint density at radius 1 is 1.60 bits per heavy atom. The smallest absolute Gasteiger partial charge is 0.295 e. The van der Waals surface area contributed by atoms with Gasteiger partial charge in [0, 0.05) is 25.4 Å². The second-order valence-corrected chi connectivity index (χ2v) is 4.26.